The molecule has 92 valence electrons. The van der Waals surface area contributed by atoms with Crippen molar-refractivity contribution in [3.05, 3.63) is 34.6 Å². The summed E-state index contributed by atoms with van der Waals surface area (Å²) in [7, 11) is 0. The number of likely N-dealkylation sites (tertiary alicyclic amines) is 1. The molecular formula is C12H13ClFNO2. The van der Waals surface area contributed by atoms with Crippen molar-refractivity contribution in [2.75, 3.05) is 13.1 Å². The predicted octanol–water partition coefficient (Wildman–Crippen LogP) is 2.08. The van der Waals surface area contributed by atoms with Gasteiger partial charge in [-0.05, 0) is 24.6 Å². The molecule has 0 unspecified atom stereocenters. The topological polar surface area (TPSA) is 40.5 Å². The minimum Gasteiger partial charge on any atom is -0.386 e. The zero-order chi connectivity index (χ0) is 12.6. The highest BCUT2D eigenvalue weighted by atomic mass is 35.5. The van der Waals surface area contributed by atoms with Gasteiger partial charge in [-0.3, -0.25) is 4.79 Å². The van der Waals surface area contributed by atoms with Crippen LogP contribution in [0.5, 0.6) is 0 Å². The molecule has 0 spiro atoms. The van der Waals surface area contributed by atoms with E-state index in [1.165, 1.54) is 23.1 Å². The van der Waals surface area contributed by atoms with E-state index in [2.05, 4.69) is 0 Å². The van der Waals surface area contributed by atoms with Crippen LogP contribution in [0, 0.1) is 5.82 Å². The van der Waals surface area contributed by atoms with Gasteiger partial charge in [0.25, 0.3) is 5.91 Å². The summed E-state index contributed by atoms with van der Waals surface area (Å²) >= 11 is 5.61. The number of aliphatic hydroxyl groups is 1. The number of hydrogen-bond donors (Lipinski definition) is 1. The van der Waals surface area contributed by atoms with E-state index in [1.807, 2.05) is 6.92 Å². The first-order valence-electron chi connectivity index (χ1n) is 5.42. The lowest BCUT2D eigenvalue weighted by Gasteiger charge is -2.46. The second-order valence-electron chi connectivity index (χ2n) is 4.37. The standard InChI is InChI=1S/C12H13ClFNO2/c1-2-12(17)6-15(7-12)11(16)8-3-4-10(14)9(13)5-8/h3-5,17H,2,6-7H2,1H3. The van der Waals surface area contributed by atoms with Crippen molar-refractivity contribution in [2.24, 2.45) is 0 Å². The third-order valence-corrected chi connectivity index (χ3v) is 3.37. The van der Waals surface area contributed by atoms with E-state index >= 15 is 0 Å². The van der Waals surface area contributed by atoms with Crippen LogP contribution in [-0.4, -0.2) is 34.6 Å². The summed E-state index contributed by atoms with van der Waals surface area (Å²) in [6.07, 6.45) is 0.612. The highest BCUT2D eigenvalue weighted by Gasteiger charge is 2.42. The van der Waals surface area contributed by atoms with Crippen LogP contribution in [0.2, 0.25) is 5.02 Å². The van der Waals surface area contributed by atoms with E-state index < -0.39 is 11.4 Å². The second kappa shape index (κ2) is 4.27. The van der Waals surface area contributed by atoms with E-state index in [1.54, 1.807) is 0 Å². The largest absolute Gasteiger partial charge is 0.386 e. The van der Waals surface area contributed by atoms with Gasteiger partial charge in [-0.15, -0.1) is 0 Å². The number of carbonyl (C=O) groups is 1. The average molecular weight is 258 g/mol. The third-order valence-electron chi connectivity index (χ3n) is 3.08. The molecule has 2 rings (SSSR count). The van der Waals surface area contributed by atoms with Gasteiger partial charge in [-0.1, -0.05) is 18.5 Å². The Morgan fingerprint density at radius 2 is 2.24 bits per heavy atom. The van der Waals surface area contributed by atoms with Crippen LogP contribution in [0.1, 0.15) is 23.7 Å². The van der Waals surface area contributed by atoms with E-state index in [-0.39, 0.29) is 10.9 Å². The smallest absolute Gasteiger partial charge is 0.254 e. The Hall–Kier alpha value is -1.13. The van der Waals surface area contributed by atoms with E-state index in [9.17, 15) is 14.3 Å². The Bertz CT molecular complexity index is 458. The molecule has 1 aromatic rings. The van der Waals surface area contributed by atoms with Gasteiger partial charge < -0.3 is 10.0 Å². The molecule has 0 aliphatic carbocycles. The van der Waals surface area contributed by atoms with Gasteiger partial charge in [0.2, 0.25) is 0 Å². The number of carbonyl (C=O) groups excluding carboxylic acids is 1. The lowest BCUT2D eigenvalue weighted by molar-refractivity contribution is -0.0826. The molecule has 1 N–H and O–H groups in total. The van der Waals surface area contributed by atoms with Crippen LogP contribution in [0.4, 0.5) is 4.39 Å². The van der Waals surface area contributed by atoms with Crippen LogP contribution in [0.3, 0.4) is 0 Å². The van der Waals surface area contributed by atoms with E-state index in [4.69, 9.17) is 11.6 Å². The lowest BCUT2D eigenvalue weighted by atomic mass is 9.90. The van der Waals surface area contributed by atoms with Gasteiger partial charge in [0.15, 0.2) is 0 Å². The molecule has 0 atom stereocenters. The molecule has 1 amide bonds. The van der Waals surface area contributed by atoms with Gasteiger partial charge in [0.05, 0.1) is 23.7 Å². The molecule has 1 fully saturated rings. The van der Waals surface area contributed by atoms with Gasteiger partial charge >= 0.3 is 0 Å². The van der Waals surface area contributed by atoms with Crippen LogP contribution < -0.4 is 0 Å². The Balaban J connectivity index is 2.09. The molecule has 0 saturated carbocycles. The average Bonchev–Trinajstić information content (AvgIpc) is 2.27. The van der Waals surface area contributed by atoms with Gasteiger partial charge in [0, 0.05) is 5.56 Å². The lowest BCUT2D eigenvalue weighted by Crippen LogP contribution is -2.63. The summed E-state index contributed by atoms with van der Waals surface area (Å²) in [5, 5.41) is 9.74. The maximum absolute atomic E-state index is 12.9. The van der Waals surface area contributed by atoms with Crippen LogP contribution >= 0.6 is 11.6 Å². The molecule has 0 radical (unpaired) electrons. The molecule has 1 heterocycles. The minimum atomic E-state index is -0.764. The Labute approximate surface area is 104 Å². The highest BCUT2D eigenvalue weighted by Crippen LogP contribution is 2.26. The van der Waals surface area contributed by atoms with Crippen LogP contribution in [-0.2, 0) is 0 Å². The first-order valence-corrected chi connectivity index (χ1v) is 5.80. The third kappa shape index (κ3) is 2.28. The van der Waals surface area contributed by atoms with Crippen molar-refractivity contribution in [1.29, 1.82) is 0 Å². The summed E-state index contributed by atoms with van der Waals surface area (Å²) < 4.78 is 12.9. The SMILES string of the molecule is CCC1(O)CN(C(=O)c2ccc(F)c(Cl)c2)C1. The second-order valence-corrected chi connectivity index (χ2v) is 4.78. The highest BCUT2D eigenvalue weighted by molar-refractivity contribution is 6.31. The summed E-state index contributed by atoms with van der Waals surface area (Å²) in [6.45, 7) is 2.51. The quantitative estimate of drug-likeness (QED) is 0.881. The summed E-state index contributed by atoms with van der Waals surface area (Å²) in [6, 6.07) is 3.87. The Kier molecular flexibility index (Phi) is 3.10. The molecule has 3 nitrogen and oxygen atoms in total. The molecule has 5 heteroatoms. The first kappa shape index (κ1) is 12.3. The van der Waals surface area contributed by atoms with Crippen LogP contribution in [0.25, 0.3) is 0 Å². The minimum absolute atomic E-state index is 0.0675. The maximum atomic E-state index is 12.9. The van der Waals surface area contributed by atoms with Crippen molar-refractivity contribution < 1.29 is 14.3 Å². The summed E-state index contributed by atoms with van der Waals surface area (Å²) in [4.78, 5) is 13.4. The van der Waals surface area contributed by atoms with E-state index in [0.717, 1.165) is 0 Å². The van der Waals surface area contributed by atoms with Gasteiger partial charge in [-0.25, -0.2) is 4.39 Å². The van der Waals surface area contributed by atoms with Crippen molar-refractivity contribution >= 4 is 17.5 Å². The van der Waals surface area contributed by atoms with Crippen molar-refractivity contribution in [3.8, 4) is 0 Å². The number of amides is 1. The Morgan fingerprint density at radius 1 is 1.59 bits per heavy atom. The molecule has 1 aromatic carbocycles. The molecular weight excluding hydrogens is 245 g/mol. The van der Waals surface area contributed by atoms with Gasteiger partial charge in [0.1, 0.15) is 5.82 Å². The van der Waals surface area contributed by atoms with Crippen LogP contribution in [0.15, 0.2) is 18.2 Å². The summed E-state index contributed by atoms with van der Waals surface area (Å²) in [5.74, 6) is -0.776. The Morgan fingerprint density at radius 3 is 2.76 bits per heavy atom. The molecule has 0 bridgehead atoms. The number of halogens is 2. The maximum Gasteiger partial charge on any atom is 0.254 e. The summed E-state index contributed by atoms with van der Waals surface area (Å²) in [5.41, 5.74) is -0.422. The number of rotatable bonds is 2. The number of hydrogen-bond acceptors (Lipinski definition) is 2. The number of β-amino-alcohol motifs (C(OH)–C–C–N with tert-alkyl or cyclic N) is 1. The molecule has 1 aliphatic heterocycles. The number of nitrogens with zero attached hydrogens (tertiary/aromatic N) is 1. The fourth-order valence-corrected chi connectivity index (χ4v) is 2.02. The monoisotopic (exact) mass is 257 g/mol. The molecule has 0 aromatic heterocycles. The van der Waals surface area contributed by atoms with Crippen molar-refractivity contribution in [1.82, 2.24) is 4.90 Å². The van der Waals surface area contributed by atoms with Crippen molar-refractivity contribution in [2.45, 2.75) is 18.9 Å². The van der Waals surface area contributed by atoms with Gasteiger partial charge in [-0.2, -0.15) is 0 Å². The first-order chi connectivity index (χ1) is 7.95. The number of benzene rings is 1. The zero-order valence-electron chi connectivity index (χ0n) is 9.41. The molecule has 17 heavy (non-hydrogen) atoms. The predicted molar refractivity (Wildman–Crippen MR) is 62.6 cm³/mol. The fraction of sp³-hybridized carbons (Fsp3) is 0.417. The zero-order valence-corrected chi connectivity index (χ0v) is 10.2. The molecule has 1 aliphatic rings. The van der Waals surface area contributed by atoms with Crippen molar-refractivity contribution in [3.63, 3.8) is 0 Å². The molecule has 1 saturated heterocycles. The fourth-order valence-electron chi connectivity index (χ4n) is 1.84. The van der Waals surface area contributed by atoms with E-state index in [0.29, 0.717) is 25.1 Å². The normalized spacial score (nSPS) is 17.8.